The van der Waals surface area contributed by atoms with Crippen LogP contribution in [-0.2, 0) is 25.4 Å². The van der Waals surface area contributed by atoms with Crippen molar-refractivity contribution >= 4 is 25.9 Å². The van der Waals surface area contributed by atoms with Gasteiger partial charge in [0.15, 0.2) is 8.32 Å². The number of aliphatic hydroxyl groups excluding tert-OH is 1. The lowest BCUT2D eigenvalue weighted by Gasteiger charge is -2.50. The highest BCUT2D eigenvalue weighted by Crippen LogP contribution is 2.49. The van der Waals surface area contributed by atoms with Crippen LogP contribution < -0.4 is 0 Å². The molecule has 1 saturated heterocycles. The molecule has 0 saturated carbocycles. The Labute approximate surface area is 201 Å². The lowest BCUT2D eigenvalue weighted by Crippen LogP contribution is -2.65. The number of nitro groups is 1. The monoisotopic (exact) mass is 490 g/mol. The molecule has 10 heteroatoms. The van der Waals surface area contributed by atoms with E-state index in [9.17, 15) is 24.8 Å². The van der Waals surface area contributed by atoms with Crippen LogP contribution in [0.15, 0.2) is 35.5 Å². The van der Waals surface area contributed by atoms with Crippen molar-refractivity contribution in [2.75, 3.05) is 6.61 Å². The molecule has 186 valence electrons. The number of hydrogen-bond donors (Lipinski definition) is 1. The average molecular weight is 491 g/mol. The minimum Gasteiger partial charge on any atom is -0.456 e. The van der Waals surface area contributed by atoms with Crippen molar-refractivity contribution in [3.8, 4) is 0 Å². The molecule has 2 heterocycles. The molecule has 0 radical (unpaired) electrons. The van der Waals surface area contributed by atoms with Crippen LogP contribution in [0, 0.1) is 22.0 Å². The average Bonchev–Trinajstić information content (AvgIpc) is 2.99. The molecule has 3 rings (SSSR count). The largest absolute Gasteiger partial charge is 0.456 e. The van der Waals surface area contributed by atoms with Gasteiger partial charge in [0.1, 0.15) is 12.3 Å². The second-order valence-corrected chi connectivity index (χ2v) is 15.4. The number of ether oxygens (including phenoxy) is 1. The fourth-order valence-electron chi connectivity index (χ4n) is 4.48. The van der Waals surface area contributed by atoms with Crippen LogP contribution in [0.1, 0.15) is 40.2 Å². The maximum atomic E-state index is 13.2. The van der Waals surface area contributed by atoms with E-state index in [0.29, 0.717) is 11.1 Å². The summed E-state index contributed by atoms with van der Waals surface area (Å²) in [6.45, 7) is 14.1. The summed E-state index contributed by atoms with van der Waals surface area (Å²) in [5.41, 5.74) is 1.10. The minimum atomic E-state index is -2.10. The molecule has 2 aliphatic rings. The van der Waals surface area contributed by atoms with Crippen LogP contribution >= 0.6 is 0 Å². The molecule has 2 aliphatic heterocycles. The summed E-state index contributed by atoms with van der Waals surface area (Å²) in [5, 5.41) is 20.8. The molecule has 1 amide bonds. The predicted octanol–water partition coefficient (Wildman–Crippen LogP) is 3.77. The SMILES string of the molecule is C[C@@H](O[Si](C)(C)C(C)(C)C)[C@H]1C(=O)N2C(C(=O)OCc3ccc([N+](=O)[O-])cc3)=C(CO)[C@H](C)[C@H]12. The Morgan fingerprint density at radius 1 is 1.26 bits per heavy atom. The Kier molecular flexibility index (Phi) is 7.08. The van der Waals surface area contributed by atoms with Crippen LogP contribution in [0.4, 0.5) is 5.69 Å². The molecule has 1 fully saturated rings. The van der Waals surface area contributed by atoms with E-state index in [-0.39, 0.29) is 53.6 Å². The Balaban J connectivity index is 1.73. The van der Waals surface area contributed by atoms with Crippen LogP contribution in [-0.4, -0.2) is 53.9 Å². The molecule has 1 N–H and O–H groups in total. The summed E-state index contributed by atoms with van der Waals surface area (Å²) >= 11 is 0. The van der Waals surface area contributed by atoms with Crippen LogP contribution in [0.25, 0.3) is 0 Å². The molecule has 1 aromatic carbocycles. The van der Waals surface area contributed by atoms with Gasteiger partial charge in [0, 0.05) is 18.1 Å². The fourth-order valence-corrected chi connectivity index (χ4v) is 5.90. The molecule has 9 nitrogen and oxygen atoms in total. The van der Waals surface area contributed by atoms with Gasteiger partial charge >= 0.3 is 5.97 Å². The standard InChI is InChI=1S/C24H34N2O7Si/c1-14-18(12-27)21(23(29)32-13-16-8-10-17(11-9-16)26(30)31)25-20(14)19(22(25)28)15(2)33-34(6,7)24(3,4)5/h8-11,14-15,19-20,27H,12-13H2,1-7H3/t14-,15+,19+,20+/m0/s1. The summed E-state index contributed by atoms with van der Waals surface area (Å²) < 4.78 is 11.9. The smallest absolute Gasteiger partial charge is 0.355 e. The number of rotatable bonds is 8. The highest BCUT2D eigenvalue weighted by Gasteiger charge is 2.61. The lowest BCUT2D eigenvalue weighted by molar-refractivity contribution is -0.384. The topological polar surface area (TPSA) is 119 Å². The van der Waals surface area contributed by atoms with E-state index in [1.54, 1.807) is 0 Å². The molecule has 0 unspecified atom stereocenters. The number of carbonyl (C=O) groups excluding carboxylic acids is 2. The third-order valence-electron chi connectivity index (χ3n) is 7.47. The van der Waals surface area contributed by atoms with Crippen molar-refractivity contribution in [2.24, 2.45) is 11.8 Å². The van der Waals surface area contributed by atoms with Crippen molar-refractivity contribution in [3.63, 3.8) is 0 Å². The molecule has 0 bridgehead atoms. The second kappa shape index (κ2) is 9.24. The van der Waals surface area contributed by atoms with Gasteiger partial charge in [-0.1, -0.05) is 27.7 Å². The van der Waals surface area contributed by atoms with Gasteiger partial charge in [-0.2, -0.15) is 0 Å². The van der Waals surface area contributed by atoms with E-state index in [1.165, 1.54) is 29.2 Å². The summed E-state index contributed by atoms with van der Waals surface area (Å²) in [5.74, 6) is -1.50. The number of aliphatic hydroxyl groups is 1. The highest BCUT2D eigenvalue weighted by atomic mass is 28.4. The van der Waals surface area contributed by atoms with Crippen LogP contribution in [0.3, 0.4) is 0 Å². The Bertz CT molecular complexity index is 1010. The lowest BCUT2D eigenvalue weighted by atomic mass is 9.78. The zero-order valence-corrected chi connectivity index (χ0v) is 21.8. The van der Waals surface area contributed by atoms with Gasteiger partial charge in [-0.15, -0.1) is 0 Å². The van der Waals surface area contributed by atoms with Crippen molar-refractivity contribution in [3.05, 3.63) is 51.2 Å². The number of benzene rings is 1. The molecular weight excluding hydrogens is 456 g/mol. The Hall–Kier alpha value is -2.56. The molecule has 0 spiro atoms. The minimum absolute atomic E-state index is 0.00359. The van der Waals surface area contributed by atoms with Gasteiger partial charge in [0.05, 0.1) is 29.6 Å². The quantitative estimate of drug-likeness (QED) is 0.194. The van der Waals surface area contributed by atoms with Crippen molar-refractivity contribution in [2.45, 2.75) is 71.5 Å². The number of hydrogen-bond acceptors (Lipinski definition) is 7. The van der Waals surface area contributed by atoms with E-state index >= 15 is 0 Å². The summed E-state index contributed by atoms with van der Waals surface area (Å²) in [7, 11) is -2.10. The first kappa shape index (κ1) is 26.0. The van der Waals surface area contributed by atoms with Crippen molar-refractivity contribution < 1.29 is 28.8 Å². The van der Waals surface area contributed by atoms with Gasteiger partial charge in [-0.3, -0.25) is 14.9 Å². The number of nitro benzene ring substituents is 1. The van der Waals surface area contributed by atoms with Crippen LogP contribution in [0.2, 0.25) is 18.1 Å². The van der Waals surface area contributed by atoms with E-state index in [2.05, 4.69) is 33.9 Å². The first-order valence-corrected chi connectivity index (χ1v) is 14.4. The molecule has 1 aromatic rings. The Morgan fingerprint density at radius 2 is 1.85 bits per heavy atom. The molecular formula is C24H34N2O7Si. The number of amides is 1. The van der Waals surface area contributed by atoms with Gasteiger partial charge in [0.2, 0.25) is 5.91 Å². The molecule has 34 heavy (non-hydrogen) atoms. The van der Waals surface area contributed by atoms with E-state index < -0.39 is 25.1 Å². The molecule has 0 aromatic heterocycles. The summed E-state index contributed by atoms with van der Waals surface area (Å²) in [4.78, 5) is 37.9. The number of nitrogens with zero attached hydrogens (tertiary/aromatic N) is 2. The van der Waals surface area contributed by atoms with Gasteiger partial charge in [-0.05, 0) is 48.3 Å². The zero-order valence-electron chi connectivity index (χ0n) is 20.8. The summed E-state index contributed by atoms with van der Waals surface area (Å²) in [6, 6.07) is 5.43. The third-order valence-corrected chi connectivity index (χ3v) is 12.0. The number of fused-ring (bicyclic) bond motifs is 1. The first-order valence-electron chi connectivity index (χ1n) is 11.5. The van der Waals surface area contributed by atoms with Gasteiger partial charge in [0.25, 0.3) is 5.69 Å². The highest BCUT2D eigenvalue weighted by molar-refractivity contribution is 6.74. The van der Waals surface area contributed by atoms with E-state index in [1.807, 2.05) is 13.8 Å². The van der Waals surface area contributed by atoms with Crippen LogP contribution in [0.5, 0.6) is 0 Å². The number of non-ortho nitro benzene ring substituents is 1. The predicted molar refractivity (Wildman–Crippen MR) is 128 cm³/mol. The van der Waals surface area contributed by atoms with E-state index in [0.717, 1.165) is 0 Å². The number of esters is 1. The maximum absolute atomic E-state index is 13.2. The van der Waals surface area contributed by atoms with Gasteiger partial charge in [-0.25, -0.2) is 4.79 Å². The maximum Gasteiger partial charge on any atom is 0.355 e. The third kappa shape index (κ3) is 4.54. The number of β-lactam (4-membered cyclic amide) rings is 1. The van der Waals surface area contributed by atoms with Gasteiger partial charge < -0.3 is 19.2 Å². The first-order chi connectivity index (χ1) is 15.7. The molecule has 0 aliphatic carbocycles. The normalized spacial score (nSPS) is 23.5. The summed E-state index contributed by atoms with van der Waals surface area (Å²) in [6.07, 6.45) is -0.312. The van der Waals surface area contributed by atoms with E-state index in [4.69, 9.17) is 9.16 Å². The fraction of sp³-hybridized carbons (Fsp3) is 0.583. The Morgan fingerprint density at radius 3 is 2.35 bits per heavy atom. The number of carbonyl (C=O) groups is 2. The van der Waals surface area contributed by atoms with Crippen molar-refractivity contribution in [1.29, 1.82) is 0 Å². The van der Waals surface area contributed by atoms with Crippen molar-refractivity contribution in [1.82, 2.24) is 4.90 Å². The second-order valence-electron chi connectivity index (χ2n) is 10.6. The zero-order chi connectivity index (χ0) is 25.6. The molecule has 4 atom stereocenters.